The van der Waals surface area contributed by atoms with Crippen LogP contribution in [0.4, 0.5) is 52.7 Å². The minimum absolute atomic E-state index is 0. The fraction of sp³-hybridized carbons (Fsp3) is 1.00. The summed E-state index contributed by atoms with van der Waals surface area (Å²) in [5.41, 5.74) is 0. The maximum absolute atomic E-state index is 10.7. The van der Waals surface area contributed by atoms with Crippen LogP contribution in [0.2, 0.25) is 0 Å². The van der Waals surface area contributed by atoms with Crippen LogP contribution in [0.5, 0.6) is 0 Å². The van der Waals surface area contributed by atoms with Gasteiger partial charge in [0, 0.05) is 86.9 Å². The van der Waals surface area contributed by atoms with E-state index in [1.165, 1.54) is 0 Å². The fourth-order valence-electron chi connectivity index (χ4n) is 0.333. The number of hydrogen-bond acceptors (Lipinski definition) is 12. The zero-order valence-corrected chi connectivity index (χ0v) is 32.4. The first-order chi connectivity index (χ1) is 17.6. The zero-order chi connectivity index (χ0) is 34.0. The Balaban J connectivity index is -0.0000000388. The molecule has 0 atom stereocenters. The molecule has 0 aromatic heterocycles. The van der Waals surface area contributed by atoms with E-state index in [-0.39, 0.29) is 63.9 Å². The first-order valence-electron chi connectivity index (χ1n) is 9.28. The Hall–Kier alpha value is 0.510. The van der Waals surface area contributed by atoms with E-state index in [1.807, 2.05) is 0 Å². The van der Waals surface area contributed by atoms with Crippen LogP contribution >= 0.6 is 0 Å². The van der Waals surface area contributed by atoms with Crippen LogP contribution in [0.15, 0.2) is 0 Å². The molecule has 10 N–H and O–H groups in total. The molecule has 0 saturated carbocycles. The summed E-state index contributed by atoms with van der Waals surface area (Å²) in [5, 5.41) is 58.6. The predicted octanol–water partition coefficient (Wildman–Crippen LogP) is -0.836. The maximum atomic E-state index is 10.7. The molecule has 0 aromatic carbocycles. The van der Waals surface area contributed by atoms with Crippen molar-refractivity contribution in [3.63, 3.8) is 0 Å². The van der Waals surface area contributed by atoms with Gasteiger partial charge >= 0.3 is 24.7 Å². The van der Waals surface area contributed by atoms with Crippen molar-refractivity contribution in [2.75, 3.05) is 54.9 Å². The van der Waals surface area contributed by atoms with Crippen LogP contribution in [-0.2, 0) is 77.4 Å². The van der Waals surface area contributed by atoms with Gasteiger partial charge in [0.1, 0.15) is 0 Å². The summed E-state index contributed by atoms with van der Waals surface area (Å²) in [6.45, 7) is 2.76. The van der Waals surface area contributed by atoms with Crippen LogP contribution in [0.3, 0.4) is 0 Å². The monoisotopic (exact) mass is 854 g/mol. The van der Waals surface area contributed by atoms with Gasteiger partial charge in [-0.1, -0.05) is 0 Å². The second-order valence-electron chi connectivity index (χ2n) is 5.63. The van der Waals surface area contributed by atoms with Crippen LogP contribution < -0.4 is 0 Å². The molecule has 28 heteroatoms. The standard InChI is InChI=1S/2C4H10O2.4C2H3F3O2.H2O.3Zn/c2*1-5-3-4-6-2;4*3-2(4,5)1(6)7;;;;/h2*3-4H2,1-2H3;4*1,6-7H;1H2;;;. The van der Waals surface area contributed by atoms with Gasteiger partial charge in [0.05, 0.1) is 26.4 Å². The zero-order valence-electron chi connectivity index (χ0n) is 23.5. The SMILES string of the molecule is COCCOC.COCCOC.O.OC(O)C(F)(F)F.OC(O)C(F)(F)F.OC(O)C(F)(F)F.OC(O)C(F)(F)F.[Zn].[Zn].[Zn]. The van der Waals surface area contributed by atoms with E-state index < -0.39 is 49.9 Å². The Morgan fingerprint density at radius 1 is 0.364 bits per heavy atom. The molecule has 0 aliphatic heterocycles. The third kappa shape index (κ3) is 78.7. The first kappa shape index (κ1) is 70.8. The van der Waals surface area contributed by atoms with Gasteiger partial charge in [0.15, 0.2) is 0 Å². The molecular formula is C16H34F12O13Zn3. The summed E-state index contributed by atoms with van der Waals surface area (Å²) in [7, 11) is 6.61. The third-order valence-electron chi connectivity index (χ3n) is 2.15. The summed E-state index contributed by atoms with van der Waals surface area (Å²) < 4.78 is 147. The van der Waals surface area contributed by atoms with Gasteiger partial charge in [-0.15, -0.1) is 0 Å². The van der Waals surface area contributed by atoms with Crippen LogP contribution in [0.25, 0.3) is 0 Å². The van der Waals surface area contributed by atoms with Crippen molar-refractivity contribution in [2.24, 2.45) is 0 Å². The third-order valence-corrected chi connectivity index (χ3v) is 2.15. The molecule has 266 valence electrons. The van der Waals surface area contributed by atoms with Crippen molar-refractivity contribution in [3.8, 4) is 0 Å². The van der Waals surface area contributed by atoms with Crippen LogP contribution in [-0.4, -0.2) is 151 Å². The van der Waals surface area contributed by atoms with E-state index in [0.29, 0.717) is 26.4 Å². The Bertz CT molecular complexity index is 427. The molecule has 0 rings (SSSR count). The largest absolute Gasteiger partial charge is 0.439 e. The number of methoxy groups -OCH3 is 4. The van der Waals surface area contributed by atoms with Gasteiger partial charge in [-0.2, -0.15) is 52.7 Å². The number of hydrogen-bond donors (Lipinski definition) is 8. The van der Waals surface area contributed by atoms with Gasteiger partial charge in [0.2, 0.25) is 0 Å². The average molecular weight is 859 g/mol. The van der Waals surface area contributed by atoms with E-state index in [2.05, 4.69) is 18.9 Å². The van der Waals surface area contributed by atoms with E-state index in [9.17, 15) is 52.7 Å². The summed E-state index contributed by atoms with van der Waals surface area (Å²) in [4.78, 5) is 0. The molecule has 0 aliphatic carbocycles. The minimum Gasteiger partial charge on any atom is -0.412 e. The molecule has 0 unspecified atom stereocenters. The topological polar surface area (TPSA) is 230 Å². The van der Waals surface area contributed by atoms with E-state index in [4.69, 9.17) is 40.9 Å². The molecule has 0 fully saturated rings. The summed E-state index contributed by atoms with van der Waals surface area (Å²) in [6.07, 6.45) is -32.4. The molecule has 44 heavy (non-hydrogen) atoms. The number of halogens is 12. The van der Waals surface area contributed by atoms with Gasteiger partial charge in [0.25, 0.3) is 25.2 Å². The number of rotatable bonds is 6. The minimum atomic E-state index is -4.89. The molecule has 0 aliphatic rings. The molecule has 0 aromatic rings. The number of aliphatic hydroxyl groups excluding tert-OH is 4. The maximum Gasteiger partial charge on any atom is 0.439 e. The number of aliphatic hydroxyl groups is 8. The molecule has 0 saturated heterocycles. The van der Waals surface area contributed by atoms with Crippen LogP contribution in [0, 0.1) is 0 Å². The normalized spacial score (nSPS) is 10.6. The summed E-state index contributed by atoms with van der Waals surface area (Å²) in [5.74, 6) is 0. The molecule has 0 amide bonds. The Labute approximate surface area is 280 Å². The van der Waals surface area contributed by atoms with E-state index in [0.717, 1.165) is 0 Å². The molecule has 13 nitrogen and oxygen atoms in total. The Kier molecular flexibility index (Phi) is 63.8. The van der Waals surface area contributed by atoms with Crippen molar-refractivity contribution in [2.45, 2.75) is 49.9 Å². The van der Waals surface area contributed by atoms with E-state index >= 15 is 0 Å². The molecular weight excluding hydrogens is 824 g/mol. The Morgan fingerprint density at radius 2 is 0.432 bits per heavy atom. The predicted molar refractivity (Wildman–Crippen MR) is 108 cm³/mol. The summed E-state index contributed by atoms with van der Waals surface area (Å²) in [6, 6.07) is 0. The smallest absolute Gasteiger partial charge is 0.412 e. The Morgan fingerprint density at radius 3 is 0.455 bits per heavy atom. The van der Waals surface area contributed by atoms with Gasteiger partial charge in [-0.05, 0) is 0 Å². The van der Waals surface area contributed by atoms with Gasteiger partial charge in [-0.3, -0.25) is 0 Å². The second kappa shape index (κ2) is 39.7. The first-order valence-corrected chi connectivity index (χ1v) is 9.28. The quantitative estimate of drug-likeness (QED) is 0.0709. The van der Waals surface area contributed by atoms with Crippen molar-refractivity contribution in [1.29, 1.82) is 0 Å². The van der Waals surface area contributed by atoms with Gasteiger partial charge < -0.3 is 65.3 Å². The number of ether oxygens (including phenoxy) is 4. The van der Waals surface area contributed by atoms with Crippen molar-refractivity contribution in [3.05, 3.63) is 0 Å². The van der Waals surface area contributed by atoms with Gasteiger partial charge in [-0.25, -0.2) is 0 Å². The van der Waals surface area contributed by atoms with Crippen LogP contribution in [0.1, 0.15) is 0 Å². The summed E-state index contributed by atoms with van der Waals surface area (Å²) >= 11 is 0. The molecule has 0 radical (unpaired) electrons. The molecule has 0 spiro atoms. The molecule has 0 heterocycles. The molecule has 0 bridgehead atoms. The van der Waals surface area contributed by atoms with Crippen molar-refractivity contribution in [1.82, 2.24) is 0 Å². The average Bonchev–Trinajstić information content (AvgIpc) is 2.75. The number of alkyl halides is 12. The second-order valence-corrected chi connectivity index (χ2v) is 5.63. The van der Waals surface area contributed by atoms with Crippen molar-refractivity contribution >= 4 is 0 Å². The fourth-order valence-corrected chi connectivity index (χ4v) is 0.333. The van der Waals surface area contributed by atoms with Crippen molar-refractivity contribution < 1.29 is 176 Å². The van der Waals surface area contributed by atoms with E-state index in [1.54, 1.807) is 28.4 Å².